The smallest absolute Gasteiger partial charge is 0.423 e. The number of rotatable bonds is 4. The summed E-state index contributed by atoms with van der Waals surface area (Å²) < 4.78 is 5.41. The van der Waals surface area contributed by atoms with Crippen LogP contribution >= 0.6 is 0 Å². The van der Waals surface area contributed by atoms with Crippen molar-refractivity contribution in [3.8, 4) is 0 Å². The van der Waals surface area contributed by atoms with Crippen LogP contribution in [0.2, 0.25) is 0 Å². The molecule has 1 aliphatic heterocycles. The second-order valence-corrected chi connectivity index (χ2v) is 4.34. The number of carbonyl (C=O) groups excluding carboxylic acids is 1. The van der Waals surface area contributed by atoms with E-state index < -0.39 is 7.12 Å². The normalized spacial score (nSPS) is 18.7. The van der Waals surface area contributed by atoms with E-state index in [1.54, 1.807) is 12.1 Å². The van der Waals surface area contributed by atoms with Crippen molar-refractivity contribution in [3.05, 3.63) is 29.8 Å². The Morgan fingerprint density at radius 2 is 2.11 bits per heavy atom. The summed E-state index contributed by atoms with van der Waals surface area (Å²) in [6.45, 7) is 1.28. The average molecular weight is 249 g/mol. The standard InChI is InChI=1S/C12H16BNO4/c15-12(14-8-11-2-1-7-18-11)9-3-5-10(6-4-9)13(16)17/h3-6,11,16-17H,1-2,7-8H2,(H,14,15). The second kappa shape index (κ2) is 5.99. The van der Waals surface area contributed by atoms with E-state index in [2.05, 4.69) is 5.32 Å². The molecule has 96 valence electrons. The van der Waals surface area contributed by atoms with E-state index >= 15 is 0 Å². The van der Waals surface area contributed by atoms with Gasteiger partial charge in [0, 0.05) is 18.7 Å². The number of benzene rings is 1. The van der Waals surface area contributed by atoms with Crippen molar-refractivity contribution >= 4 is 18.5 Å². The van der Waals surface area contributed by atoms with E-state index in [0.29, 0.717) is 17.6 Å². The third kappa shape index (κ3) is 3.32. The van der Waals surface area contributed by atoms with Gasteiger partial charge in [-0.25, -0.2) is 0 Å². The van der Waals surface area contributed by atoms with E-state index in [4.69, 9.17) is 14.8 Å². The van der Waals surface area contributed by atoms with Crippen LogP contribution in [0.4, 0.5) is 0 Å². The predicted molar refractivity (Wildman–Crippen MR) is 67.6 cm³/mol. The highest BCUT2D eigenvalue weighted by molar-refractivity contribution is 6.58. The summed E-state index contributed by atoms with van der Waals surface area (Å²) in [7, 11) is -1.51. The first kappa shape index (κ1) is 13.1. The van der Waals surface area contributed by atoms with Gasteiger partial charge in [0.1, 0.15) is 0 Å². The summed E-state index contributed by atoms with van der Waals surface area (Å²) in [5.74, 6) is -0.176. The van der Waals surface area contributed by atoms with E-state index in [-0.39, 0.29) is 12.0 Å². The van der Waals surface area contributed by atoms with Gasteiger partial charge in [0.25, 0.3) is 5.91 Å². The van der Waals surface area contributed by atoms with Gasteiger partial charge in [0.15, 0.2) is 0 Å². The lowest BCUT2D eigenvalue weighted by molar-refractivity contribution is 0.0858. The lowest BCUT2D eigenvalue weighted by Crippen LogP contribution is -2.33. The minimum absolute atomic E-state index is 0.118. The zero-order valence-electron chi connectivity index (χ0n) is 10.0. The number of amides is 1. The zero-order valence-corrected chi connectivity index (χ0v) is 10.0. The Labute approximate surface area is 106 Å². The molecular formula is C12H16BNO4. The fourth-order valence-corrected chi connectivity index (χ4v) is 1.92. The topological polar surface area (TPSA) is 78.8 Å². The Morgan fingerprint density at radius 1 is 1.39 bits per heavy atom. The zero-order chi connectivity index (χ0) is 13.0. The molecule has 1 unspecified atom stereocenters. The van der Waals surface area contributed by atoms with Crippen molar-refractivity contribution in [1.29, 1.82) is 0 Å². The molecule has 1 aromatic rings. The quantitative estimate of drug-likeness (QED) is 0.615. The first-order chi connectivity index (χ1) is 8.66. The lowest BCUT2D eigenvalue weighted by Gasteiger charge is -2.11. The van der Waals surface area contributed by atoms with Crippen LogP contribution < -0.4 is 10.8 Å². The van der Waals surface area contributed by atoms with E-state index in [1.165, 1.54) is 12.1 Å². The fraction of sp³-hybridized carbons (Fsp3) is 0.417. The first-order valence-corrected chi connectivity index (χ1v) is 6.02. The molecule has 18 heavy (non-hydrogen) atoms. The van der Waals surface area contributed by atoms with Crippen LogP contribution in [0.15, 0.2) is 24.3 Å². The molecule has 1 atom stereocenters. The van der Waals surface area contributed by atoms with Crippen molar-refractivity contribution in [2.75, 3.05) is 13.2 Å². The van der Waals surface area contributed by atoms with Gasteiger partial charge in [-0.2, -0.15) is 0 Å². The number of ether oxygens (including phenoxy) is 1. The highest BCUT2D eigenvalue weighted by Crippen LogP contribution is 2.10. The number of carbonyl (C=O) groups is 1. The molecule has 5 nitrogen and oxygen atoms in total. The highest BCUT2D eigenvalue weighted by Gasteiger charge is 2.17. The molecule has 1 saturated heterocycles. The van der Waals surface area contributed by atoms with Crippen LogP contribution in [0.1, 0.15) is 23.2 Å². The number of hydrogen-bond donors (Lipinski definition) is 3. The Bertz CT molecular complexity index is 401. The van der Waals surface area contributed by atoms with Crippen LogP contribution in [0, 0.1) is 0 Å². The van der Waals surface area contributed by atoms with E-state index in [0.717, 1.165) is 19.4 Å². The average Bonchev–Trinajstić information content (AvgIpc) is 2.89. The van der Waals surface area contributed by atoms with Crippen LogP contribution in [-0.4, -0.2) is 42.3 Å². The highest BCUT2D eigenvalue weighted by atomic mass is 16.5. The Hall–Kier alpha value is -1.37. The second-order valence-electron chi connectivity index (χ2n) is 4.34. The third-order valence-corrected chi connectivity index (χ3v) is 2.99. The molecule has 3 N–H and O–H groups in total. The Morgan fingerprint density at radius 3 is 2.67 bits per heavy atom. The fourth-order valence-electron chi connectivity index (χ4n) is 1.92. The van der Waals surface area contributed by atoms with Gasteiger partial charge >= 0.3 is 7.12 Å². The molecule has 0 bridgehead atoms. The van der Waals surface area contributed by atoms with Crippen LogP contribution in [0.5, 0.6) is 0 Å². The third-order valence-electron chi connectivity index (χ3n) is 2.99. The number of nitrogens with one attached hydrogen (secondary N) is 1. The van der Waals surface area contributed by atoms with Gasteiger partial charge < -0.3 is 20.1 Å². The van der Waals surface area contributed by atoms with Crippen molar-refractivity contribution < 1.29 is 19.6 Å². The van der Waals surface area contributed by atoms with Gasteiger partial charge in [-0.1, -0.05) is 12.1 Å². The summed E-state index contributed by atoms with van der Waals surface area (Å²) >= 11 is 0. The van der Waals surface area contributed by atoms with Crippen molar-refractivity contribution in [3.63, 3.8) is 0 Å². The first-order valence-electron chi connectivity index (χ1n) is 6.02. The molecule has 1 heterocycles. The van der Waals surface area contributed by atoms with Gasteiger partial charge in [-0.3, -0.25) is 4.79 Å². The lowest BCUT2D eigenvalue weighted by atomic mass is 9.80. The molecule has 0 aromatic heterocycles. The Balaban J connectivity index is 1.87. The van der Waals surface area contributed by atoms with Gasteiger partial charge in [0.2, 0.25) is 0 Å². The molecule has 2 rings (SSSR count). The SMILES string of the molecule is O=C(NCC1CCCO1)c1ccc(B(O)O)cc1. The maximum Gasteiger partial charge on any atom is 0.488 e. The summed E-state index contributed by atoms with van der Waals surface area (Å²) in [5.41, 5.74) is 0.864. The molecule has 0 saturated carbocycles. The summed E-state index contributed by atoms with van der Waals surface area (Å²) in [5, 5.41) is 20.7. The summed E-state index contributed by atoms with van der Waals surface area (Å²) in [6.07, 6.45) is 2.15. The molecule has 6 heteroatoms. The minimum Gasteiger partial charge on any atom is -0.423 e. The van der Waals surface area contributed by atoms with Crippen LogP contribution in [0.25, 0.3) is 0 Å². The molecule has 0 radical (unpaired) electrons. The molecule has 1 aromatic carbocycles. The Kier molecular flexibility index (Phi) is 4.35. The minimum atomic E-state index is -1.51. The molecule has 1 fully saturated rings. The molecular weight excluding hydrogens is 233 g/mol. The van der Waals surface area contributed by atoms with Crippen molar-refractivity contribution in [1.82, 2.24) is 5.32 Å². The summed E-state index contributed by atoms with van der Waals surface area (Å²) in [6, 6.07) is 6.18. The monoisotopic (exact) mass is 249 g/mol. The van der Waals surface area contributed by atoms with Crippen molar-refractivity contribution in [2.45, 2.75) is 18.9 Å². The van der Waals surface area contributed by atoms with Crippen LogP contribution in [-0.2, 0) is 4.74 Å². The molecule has 1 aliphatic rings. The molecule has 0 aliphatic carbocycles. The van der Waals surface area contributed by atoms with E-state index in [9.17, 15) is 4.79 Å². The van der Waals surface area contributed by atoms with Gasteiger partial charge in [0.05, 0.1) is 6.10 Å². The largest absolute Gasteiger partial charge is 0.488 e. The van der Waals surface area contributed by atoms with Gasteiger partial charge in [-0.05, 0) is 30.4 Å². The van der Waals surface area contributed by atoms with Crippen LogP contribution in [0.3, 0.4) is 0 Å². The van der Waals surface area contributed by atoms with E-state index in [1.807, 2.05) is 0 Å². The maximum absolute atomic E-state index is 11.8. The van der Waals surface area contributed by atoms with Gasteiger partial charge in [-0.15, -0.1) is 0 Å². The molecule has 0 spiro atoms. The van der Waals surface area contributed by atoms with Crippen molar-refractivity contribution in [2.24, 2.45) is 0 Å². The summed E-state index contributed by atoms with van der Waals surface area (Å²) in [4.78, 5) is 11.8. The predicted octanol–water partition coefficient (Wildman–Crippen LogP) is -0.725. The number of hydrogen-bond acceptors (Lipinski definition) is 4. The maximum atomic E-state index is 11.8. The molecule has 1 amide bonds.